The summed E-state index contributed by atoms with van der Waals surface area (Å²) in [6, 6.07) is 10.3. The molecule has 1 aliphatic heterocycles. The van der Waals surface area contributed by atoms with Gasteiger partial charge < -0.3 is 5.32 Å². The highest BCUT2D eigenvalue weighted by atomic mass is 32.2. The highest BCUT2D eigenvalue weighted by molar-refractivity contribution is 7.89. The summed E-state index contributed by atoms with van der Waals surface area (Å²) in [6.07, 6.45) is 0.579. The lowest BCUT2D eigenvalue weighted by atomic mass is 10.2. The number of benzene rings is 2. The van der Waals surface area contributed by atoms with E-state index in [1.165, 1.54) is 28.6 Å². The molecular formula is C21H25F2N3O3S. The fraction of sp³-hybridized carbons (Fsp3) is 0.381. The molecule has 0 radical (unpaired) electrons. The smallest absolute Gasteiger partial charge is 0.243 e. The second-order valence-corrected chi connectivity index (χ2v) is 9.21. The zero-order valence-electron chi connectivity index (χ0n) is 16.7. The van der Waals surface area contributed by atoms with Gasteiger partial charge in [0.15, 0.2) is 0 Å². The van der Waals surface area contributed by atoms with Crippen molar-refractivity contribution < 1.29 is 22.0 Å². The monoisotopic (exact) mass is 437 g/mol. The van der Waals surface area contributed by atoms with Crippen LogP contribution in [-0.4, -0.2) is 55.8 Å². The van der Waals surface area contributed by atoms with E-state index in [0.29, 0.717) is 32.6 Å². The number of hydrogen-bond donors (Lipinski definition) is 1. The molecule has 0 saturated carbocycles. The van der Waals surface area contributed by atoms with E-state index in [1.54, 1.807) is 19.1 Å². The fourth-order valence-corrected chi connectivity index (χ4v) is 4.87. The van der Waals surface area contributed by atoms with Crippen LogP contribution in [-0.2, 0) is 21.4 Å². The third-order valence-electron chi connectivity index (χ3n) is 5.25. The number of carbonyl (C=O) groups is 1. The van der Waals surface area contributed by atoms with Crippen molar-refractivity contribution in [1.29, 1.82) is 0 Å². The molecule has 0 aromatic heterocycles. The fourth-order valence-electron chi connectivity index (χ4n) is 3.40. The standard InChI is InChI=1S/C21H25F2N3O3S/c1-16(21(27)24-15-17-3-5-18(22)6-4-17)25-11-2-12-26(14-13-25)30(28,29)20-9-7-19(23)8-10-20/h3-10,16H,2,11-15H2,1H3,(H,24,27)/t16-/m1/s1. The lowest BCUT2D eigenvalue weighted by Crippen LogP contribution is -2.46. The summed E-state index contributed by atoms with van der Waals surface area (Å²) >= 11 is 0. The quantitative estimate of drug-likeness (QED) is 0.753. The molecule has 6 nitrogen and oxygen atoms in total. The van der Waals surface area contributed by atoms with E-state index >= 15 is 0 Å². The Morgan fingerprint density at radius 3 is 2.20 bits per heavy atom. The first-order valence-electron chi connectivity index (χ1n) is 9.79. The van der Waals surface area contributed by atoms with Gasteiger partial charge in [0.05, 0.1) is 10.9 Å². The van der Waals surface area contributed by atoms with Crippen molar-refractivity contribution in [1.82, 2.24) is 14.5 Å². The normalized spacial score (nSPS) is 17.3. The predicted molar refractivity (Wildman–Crippen MR) is 109 cm³/mol. The van der Waals surface area contributed by atoms with Crippen LogP contribution in [0.3, 0.4) is 0 Å². The molecule has 1 heterocycles. The van der Waals surface area contributed by atoms with Crippen molar-refractivity contribution >= 4 is 15.9 Å². The number of rotatable bonds is 6. The van der Waals surface area contributed by atoms with Gasteiger partial charge in [0.1, 0.15) is 11.6 Å². The van der Waals surface area contributed by atoms with E-state index in [2.05, 4.69) is 5.32 Å². The van der Waals surface area contributed by atoms with Gasteiger partial charge in [-0.25, -0.2) is 17.2 Å². The van der Waals surface area contributed by atoms with Crippen molar-refractivity contribution in [3.8, 4) is 0 Å². The van der Waals surface area contributed by atoms with Gasteiger partial charge in [-0.05, 0) is 55.3 Å². The highest BCUT2D eigenvalue weighted by Crippen LogP contribution is 2.19. The van der Waals surface area contributed by atoms with E-state index in [1.807, 2.05) is 4.90 Å². The van der Waals surface area contributed by atoms with Gasteiger partial charge in [-0.1, -0.05) is 12.1 Å². The van der Waals surface area contributed by atoms with Crippen LogP contribution in [0.1, 0.15) is 18.9 Å². The summed E-state index contributed by atoms with van der Waals surface area (Å²) < 4.78 is 53.1. The first-order valence-corrected chi connectivity index (χ1v) is 11.2. The topological polar surface area (TPSA) is 69.7 Å². The summed E-state index contributed by atoms with van der Waals surface area (Å²) in [6.45, 7) is 3.65. The van der Waals surface area contributed by atoms with E-state index in [4.69, 9.17) is 0 Å². The van der Waals surface area contributed by atoms with Crippen LogP contribution < -0.4 is 5.32 Å². The predicted octanol–water partition coefficient (Wildman–Crippen LogP) is 2.37. The Morgan fingerprint density at radius 2 is 1.57 bits per heavy atom. The maximum Gasteiger partial charge on any atom is 0.243 e. The van der Waals surface area contributed by atoms with Crippen molar-refractivity contribution in [3.63, 3.8) is 0 Å². The van der Waals surface area contributed by atoms with Gasteiger partial charge in [-0.3, -0.25) is 9.69 Å². The number of hydrogen-bond acceptors (Lipinski definition) is 4. The van der Waals surface area contributed by atoms with Crippen molar-refractivity contribution in [2.75, 3.05) is 26.2 Å². The molecule has 2 aromatic rings. The number of nitrogens with one attached hydrogen (secondary N) is 1. The Labute approximate surface area is 175 Å². The molecule has 1 amide bonds. The van der Waals surface area contributed by atoms with Crippen LogP contribution in [0.25, 0.3) is 0 Å². The molecule has 162 valence electrons. The minimum absolute atomic E-state index is 0.0578. The largest absolute Gasteiger partial charge is 0.351 e. The minimum Gasteiger partial charge on any atom is -0.351 e. The minimum atomic E-state index is -3.71. The van der Waals surface area contributed by atoms with Gasteiger partial charge in [0, 0.05) is 32.7 Å². The third-order valence-corrected chi connectivity index (χ3v) is 7.16. The maximum absolute atomic E-state index is 13.1. The van der Waals surface area contributed by atoms with Gasteiger partial charge in [0.25, 0.3) is 0 Å². The summed E-state index contributed by atoms with van der Waals surface area (Å²) in [5.74, 6) is -0.992. The molecule has 1 saturated heterocycles. The second-order valence-electron chi connectivity index (χ2n) is 7.27. The van der Waals surface area contributed by atoms with Gasteiger partial charge >= 0.3 is 0 Å². The third kappa shape index (κ3) is 5.41. The van der Waals surface area contributed by atoms with E-state index in [9.17, 15) is 22.0 Å². The molecule has 1 atom stereocenters. The van der Waals surface area contributed by atoms with E-state index in [0.717, 1.165) is 17.7 Å². The molecule has 0 aliphatic carbocycles. The Balaban J connectivity index is 1.57. The lowest BCUT2D eigenvalue weighted by Gasteiger charge is -2.27. The molecule has 0 spiro atoms. The van der Waals surface area contributed by atoms with Crippen LogP contribution in [0.2, 0.25) is 0 Å². The molecule has 2 aromatic carbocycles. The first-order chi connectivity index (χ1) is 14.3. The van der Waals surface area contributed by atoms with Crippen molar-refractivity contribution in [3.05, 3.63) is 65.7 Å². The molecular weight excluding hydrogens is 412 g/mol. The Morgan fingerprint density at radius 1 is 0.967 bits per heavy atom. The summed E-state index contributed by atoms with van der Waals surface area (Å²) in [4.78, 5) is 14.5. The number of halogens is 2. The molecule has 30 heavy (non-hydrogen) atoms. The average Bonchev–Trinajstić information content (AvgIpc) is 3.00. The highest BCUT2D eigenvalue weighted by Gasteiger charge is 2.29. The summed E-state index contributed by atoms with van der Waals surface area (Å²) in [7, 11) is -3.71. The Bertz CT molecular complexity index is 966. The van der Waals surface area contributed by atoms with Crippen molar-refractivity contribution in [2.24, 2.45) is 0 Å². The Hall–Kier alpha value is -2.36. The molecule has 1 N–H and O–H groups in total. The number of sulfonamides is 1. The summed E-state index contributed by atoms with van der Waals surface area (Å²) in [5, 5.41) is 2.84. The molecule has 9 heteroatoms. The van der Waals surface area contributed by atoms with Crippen LogP contribution in [0.5, 0.6) is 0 Å². The molecule has 3 rings (SSSR count). The Kier molecular flexibility index (Phi) is 7.17. The maximum atomic E-state index is 13.1. The van der Waals surface area contributed by atoms with Crippen molar-refractivity contribution in [2.45, 2.75) is 30.8 Å². The summed E-state index contributed by atoms with van der Waals surface area (Å²) in [5.41, 5.74) is 0.796. The molecule has 1 aliphatic rings. The van der Waals surface area contributed by atoms with Crippen LogP contribution in [0.15, 0.2) is 53.4 Å². The molecule has 0 bridgehead atoms. The molecule has 0 unspecified atom stereocenters. The van der Waals surface area contributed by atoms with Crippen LogP contribution in [0.4, 0.5) is 8.78 Å². The van der Waals surface area contributed by atoms with Crippen LogP contribution >= 0.6 is 0 Å². The zero-order valence-corrected chi connectivity index (χ0v) is 17.5. The van der Waals surface area contributed by atoms with Gasteiger partial charge in [-0.15, -0.1) is 0 Å². The number of amides is 1. The first kappa shape index (κ1) is 22.3. The van der Waals surface area contributed by atoms with Gasteiger partial charge in [-0.2, -0.15) is 4.31 Å². The SMILES string of the molecule is C[C@H](C(=O)NCc1ccc(F)cc1)N1CCCN(S(=O)(=O)c2ccc(F)cc2)CC1. The van der Waals surface area contributed by atoms with Crippen LogP contribution in [0, 0.1) is 11.6 Å². The van der Waals surface area contributed by atoms with Gasteiger partial charge in [0.2, 0.25) is 15.9 Å². The zero-order chi connectivity index (χ0) is 21.7. The van der Waals surface area contributed by atoms with E-state index < -0.39 is 21.9 Å². The number of nitrogens with zero attached hydrogens (tertiary/aromatic N) is 2. The lowest BCUT2D eigenvalue weighted by molar-refractivity contribution is -0.126. The average molecular weight is 438 g/mol. The van der Waals surface area contributed by atoms with E-state index in [-0.39, 0.29) is 23.2 Å². The molecule has 1 fully saturated rings. The second kappa shape index (κ2) is 9.63. The number of carbonyl (C=O) groups excluding carboxylic acids is 1.